The van der Waals surface area contributed by atoms with Gasteiger partial charge in [-0.25, -0.2) is 0 Å². The van der Waals surface area contributed by atoms with E-state index in [1.54, 1.807) is 0 Å². The molecule has 0 aliphatic rings. The Kier molecular flexibility index (Phi) is 9.73. The normalized spacial score (nSPS) is 11.5. The second-order valence-electron chi connectivity index (χ2n) is 17.8. The van der Waals surface area contributed by atoms with Gasteiger partial charge in [-0.05, 0) is 184 Å². The summed E-state index contributed by atoms with van der Waals surface area (Å²) in [5, 5.41) is 7.60. The quantitative estimate of drug-likeness (QED) is 0.134. The van der Waals surface area contributed by atoms with Gasteiger partial charge in [0.25, 0.3) is 0 Å². The van der Waals surface area contributed by atoms with Crippen LogP contribution in [0.4, 0.5) is 0 Å². The van der Waals surface area contributed by atoms with Gasteiger partial charge in [-0.15, -0.1) is 0 Å². The van der Waals surface area contributed by atoms with Crippen LogP contribution in [0.5, 0.6) is 0 Å². The highest BCUT2D eigenvalue weighted by atomic mass is 14.3. The van der Waals surface area contributed by atoms with Gasteiger partial charge in [-0.2, -0.15) is 0 Å². The van der Waals surface area contributed by atoms with Crippen LogP contribution in [0, 0.1) is 13.8 Å². The van der Waals surface area contributed by atoms with Gasteiger partial charge in [-0.1, -0.05) is 205 Å². The minimum absolute atomic E-state index is 1.20. The third-order valence-corrected chi connectivity index (χ3v) is 13.5. The zero-order chi connectivity index (χ0) is 44.1. The van der Waals surface area contributed by atoms with E-state index < -0.39 is 0 Å². The summed E-state index contributed by atoms with van der Waals surface area (Å²) in [6, 6.07) is 90.2. The molecule has 0 saturated carbocycles. The molecule has 66 heavy (non-hydrogen) atoms. The molecule has 12 aromatic carbocycles. The second kappa shape index (κ2) is 16.3. The van der Waals surface area contributed by atoms with E-state index in [4.69, 9.17) is 0 Å². The molecular weight excluding hydrogens is 793 g/mol. The molecule has 0 aliphatic heterocycles. The van der Waals surface area contributed by atoms with Crippen molar-refractivity contribution in [1.82, 2.24) is 0 Å². The van der Waals surface area contributed by atoms with Gasteiger partial charge in [0.15, 0.2) is 0 Å². The molecule has 0 amide bonds. The van der Waals surface area contributed by atoms with Crippen LogP contribution >= 0.6 is 0 Å². The summed E-state index contributed by atoms with van der Waals surface area (Å²) in [6.45, 7) is 4.34. The van der Waals surface area contributed by atoms with Crippen molar-refractivity contribution in [1.29, 1.82) is 0 Å². The third kappa shape index (κ3) is 7.05. The number of rotatable bonds is 8. The third-order valence-electron chi connectivity index (χ3n) is 13.5. The number of hydrogen-bond donors (Lipinski definition) is 0. The molecule has 0 aromatic heterocycles. The van der Waals surface area contributed by atoms with E-state index in [0.29, 0.717) is 0 Å². The first kappa shape index (κ1) is 39.3. The smallest absolute Gasteiger partial charge is 0.00139 e. The first-order chi connectivity index (χ1) is 32.5. The van der Waals surface area contributed by atoms with Crippen LogP contribution in [0.25, 0.3) is 121 Å². The fourth-order valence-electron chi connectivity index (χ4n) is 10.2. The Morgan fingerprint density at radius 1 is 0.182 bits per heavy atom. The Balaban J connectivity index is 1.21. The average molecular weight is 839 g/mol. The van der Waals surface area contributed by atoms with Crippen molar-refractivity contribution in [3.63, 3.8) is 0 Å². The SMILES string of the molecule is Cc1ccc(-c2cc(-c3cc(-c4ccccc4)cc(-c4ccccc4)c3)c3ccc4c(-c5ccc(C)cc5)cc(-c5cc(-c6ccccc6)cc(-c6ccccc6)c5)c5ccc2c3c45)cc1. The van der Waals surface area contributed by atoms with Crippen LogP contribution in [0.1, 0.15) is 11.1 Å². The summed E-state index contributed by atoms with van der Waals surface area (Å²) in [4.78, 5) is 0. The molecule has 0 nitrogen and oxygen atoms in total. The molecule has 0 N–H and O–H groups in total. The number of benzene rings is 12. The molecular formula is C66H46. The van der Waals surface area contributed by atoms with E-state index in [9.17, 15) is 0 Å². The molecule has 12 rings (SSSR count). The van der Waals surface area contributed by atoms with Gasteiger partial charge in [0, 0.05) is 0 Å². The minimum atomic E-state index is 1.20. The van der Waals surface area contributed by atoms with E-state index in [0.717, 1.165) is 0 Å². The molecule has 0 atom stereocenters. The Morgan fingerprint density at radius 2 is 0.424 bits per heavy atom. The Morgan fingerprint density at radius 3 is 0.697 bits per heavy atom. The van der Waals surface area contributed by atoms with Gasteiger partial charge < -0.3 is 0 Å². The summed E-state index contributed by atoms with van der Waals surface area (Å²) >= 11 is 0. The van der Waals surface area contributed by atoms with Gasteiger partial charge >= 0.3 is 0 Å². The Hall–Kier alpha value is -8.32. The predicted molar refractivity (Wildman–Crippen MR) is 283 cm³/mol. The van der Waals surface area contributed by atoms with Gasteiger partial charge in [0.1, 0.15) is 0 Å². The highest BCUT2D eigenvalue weighted by Crippen LogP contribution is 2.50. The first-order valence-electron chi connectivity index (χ1n) is 23.0. The van der Waals surface area contributed by atoms with Gasteiger partial charge in [0.05, 0.1) is 0 Å². The molecule has 12 aromatic rings. The standard InChI is InChI=1S/C66H46/c1-43-23-27-49(28-24-43)61-41-63(55-37-51(45-15-7-3-8-16-45)35-52(38-55)46-17-9-4-10-18-46)59-34-32-58-62(50-29-25-44(2)26-30-50)42-64(60-33-31-57(61)65(59)66(58)60)56-39-53(47-19-11-5-12-20-47)36-54(40-56)48-21-13-6-14-22-48/h3-42H,1-2H3. The lowest BCUT2D eigenvalue weighted by molar-refractivity contribution is 1.47. The van der Waals surface area contributed by atoms with Crippen LogP contribution < -0.4 is 0 Å². The van der Waals surface area contributed by atoms with Crippen LogP contribution in [-0.2, 0) is 0 Å². The molecule has 0 bridgehead atoms. The summed E-state index contributed by atoms with van der Waals surface area (Å²) in [5.41, 5.74) is 21.8. The first-order valence-corrected chi connectivity index (χ1v) is 23.0. The van der Waals surface area contributed by atoms with Crippen molar-refractivity contribution in [3.05, 3.63) is 254 Å². The molecule has 310 valence electrons. The zero-order valence-corrected chi connectivity index (χ0v) is 37.1. The fraction of sp³-hybridized carbons (Fsp3) is 0.0303. The van der Waals surface area contributed by atoms with E-state index in [2.05, 4.69) is 257 Å². The lowest BCUT2D eigenvalue weighted by atomic mass is 9.81. The van der Waals surface area contributed by atoms with E-state index in [1.165, 1.54) is 132 Å². The Bertz CT molecular complexity index is 3330. The van der Waals surface area contributed by atoms with E-state index >= 15 is 0 Å². The van der Waals surface area contributed by atoms with Crippen molar-refractivity contribution >= 4 is 32.3 Å². The van der Waals surface area contributed by atoms with Crippen molar-refractivity contribution in [2.24, 2.45) is 0 Å². The maximum absolute atomic E-state index is 2.46. The topological polar surface area (TPSA) is 0 Å². The summed E-state index contributed by atoms with van der Waals surface area (Å²) < 4.78 is 0. The lowest BCUT2D eigenvalue weighted by Gasteiger charge is -2.22. The second-order valence-corrected chi connectivity index (χ2v) is 17.8. The van der Waals surface area contributed by atoms with Crippen molar-refractivity contribution < 1.29 is 0 Å². The fourth-order valence-corrected chi connectivity index (χ4v) is 10.2. The van der Waals surface area contributed by atoms with Crippen LogP contribution in [0.2, 0.25) is 0 Å². The molecule has 0 heteroatoms. The molecule has 0 aliphatic carbocycles. The highest BCUT2D eigenvalue weighted by Gasteiger charge is 2.22. The molecule has 0 spiro atoms. The van der Waals surface area contributed by atoms with Crippen molar-refractivity contribution in [2.45, 2.75) is 13.8 Å². The van der Waals surface area contributed by atoms with Crippen LogP contribution in [0.15, 0.2) is 243 Å². The maximum atomic E-state index is 2.46. The van der Waals surface area contributed by atoms with Crippen LogP contribution in [0.3, 0.4) is 0 Å². The van der Waals surface area contributed by atoms with Gasteiger partial charge in [-0.3, -0.25) is 0 Å². The molecule has 0 saturated heterocycles. The van der Waals surface area contributed by atoms with Gasteiger partial charge in [0.2, 0.25) is 0 Å². The summed E-state index contributed by atoms with van der Waals surface area (Å²) in [7, 11) is 0. The summed E-state index contributed by atoms with van der Waals surface area (Å²) in [5.74, 6) is 0. The average Bonchev–Trinajstić information content (AvgIpc) is 3.39. The van der Waals surface area contributed by atoms with Crippen LogP contribution in [-0.4, -0.2) is 0 Å². The molecule has 0 fully saturated rings. The number of hydrogen-bond acceptors (Lipinski definition) is 0. The number of aryl methyl sites for hydroxylation is 2. The van der Waals surface area contributed by atoms with E-state index in [1.807, 2.05) is 0 Å². The van der Waals surface area contributed by atoms with Crippen molar-refractivity contribution in [3.8, 4) is 89.0 Å². The molecule has 0 radical (unpaired) electrons. The lowest BCUT2D eigenvalue weighted by Crippen LogP contribution is -1.95. The molecule has 0 unspecified atom stereocenters. The largest absolute Gasteiger partial charge is 0.0622 e. The van der Waals surface area contributed by atoms with Crippen molar-refractivity contribution in [2.75, 3.05) is 0 Å². The zero-order valence-electron chi connectivity index (χ0n) is 37.1. The summed E-state index contributed by atoms with van der Waals surface area (Å²) in [6.07, 6.45) is 0. The predicted octanol–water partition coefficient (Wildman–Crippen LogP) is 18.5. The monoisotopic (exact) mass is 838 g/mol. The minimum Gasteiger partial charge on any atom is -0.0622 e. The molecule has 0 heterocycles. The highest BCUT2D eigenvalue weighted by molar-refractivity contribution is 6.32. The van der Waals surface area contributed by atoms with E-state index in [-0.39, 0.29) is 0 Å². The maximum Gasteiger partial charge on any atom is -0.00139 e. The Labute approximate surface area is 387 Å².